The molecule has 1 aromatic carbocycles. The molecule has 0 unspecified atom stereocenters. The van der Waals surface area contributed by atoms with Gasteiger partial charge >= 0.3 is 0 Å². The summed E-state index contributed by atoms with van der Waals surface area (Å²) < 4.78 is 49.3. The Balaban J connectivity index is 2.21. The number of nitrogens with one attached hydrogen (secondary N) is 2. The number of rotatable bonds is 4. The van der Waals surface area contributed by atoms with Gasteiger partial charge in [-0.3, -0.25) is 0 Å². The Morgan fingerprint density at radius 1 is 1.11 bits per heavy atom. The lowest BCUT2D eigenvalue weighted by Gasteiger charge is -2.12. The third-order valence-electron chi connectivity index (χ3n) is 2.94. The lowest BCUT2D eigenvalue weighted by Crippen LogP contribution is -2.36. The van der Waals surface area contributed by atoms with E-state index in [1.807, 2.05) is 0 Å². The predicted molar refractivity (Wildman–Crippen MR) is 71.1 cm³/mol. The largest absolute Gasteiger partial charge is 0.315 e. The van der Waals surface area contributed by atoms with E-state index in [2.05, 4.69) is 10.0 Å². The summed E-state index contributed by atoms with van der Waals surface area (Å²) in [5.74, 6) is 0. The van der Waals surface area contributed by atoms with Crippen LogP contribution < -0.4 is 10.0 Å². The summed E-state index contributed by atoms with van der Waals surface area (Å²) in [6.07, 6.45) is 1.83. The van der Waals surface area contributed by atoms with Crippen LogP contribution in [0.2, 0.25) is 0 Å². The molecular formula is C11H16N2O4S2. The van der Waals surface area contributed by atoms with Crippen molar-refractivity contribution in [1.29, 1.82) is 0 Å². The molecule has 0 radical (unpaired) electrons. The van der Waals surface area contributed by atoms with Crippen molar-refractivity contribution in [2.75, 3.05) is 19.3 Å². The minimum Gasteiger partial charge on any atom is -0.315 e. The second-order valence-electron chi connectivity index (χ2n) is 4.55. The molecule has 0 aliphatic carbocycles. The van der Waals surface area contributed by atoms with Crippen LogP contribution in [0.3, 0.4) is 0 Å². The first-order valence-corrected chi connectivity index (χ1v) is 9.20. The van der Waals surface area contributed by atoms with Gasteiger partial charge < -0.3 is 5.32 Å². The first kappa shape index (κ1) is 14.4. The number of benzene rings is 1. The van der Waals surface area contributed by atoms with E-state index in [0.29, 0.717) is 6.54 Å². The Hall–Kier alpha value is -0.960. The molecule has 0 bridgehead atoms. The van der Waals surface area contributed by atoms with Gasteiger partial charge in [0.25, 0.3) is 0 Å². The normalized spacial score (nSPS) is 20.6. The summed E-state index contributed by atoms with van der Waals surface area (Å²) in [5, 5.41) is 3.07. The number of sulfone groups is 1. The Labute approximate surface area is 113 Å². The molecule has 1 aliphatic heterocycles. The molecule has 1 atom stereocenters. The highest BCUT2D eigenvalue weighted by Crippen LogP contribution is 2.15. The Kier molecular flexibility index (Phi) is 3.95. The van der Waals surface area contributed by atoms with Crippen LogP contribution in [0, 0.1) is 0 Å². The molecule has 0 amide bonds. The minimum absolute atomic E-state index is 0.0757. The standard InChI is InChI=1S/C11H16N2O4S2/c1-18(14,15)10-2-4-11(5-3-10)19(16,17)13-9-6-7-12-8-9/h2-5,9,12-13H,6-8H2,1H3/t9-/m0/s1. The van der Waals surface area contributed by atoms with Crippen molar-refractivity contribution in [3.63, 3.8) is 0 Å². The summed E-state index contributed by atoms with van der Waals surface area (Å²) in [5.41, 5.74) is 0. The van der Waals surface area contributed by atoms with Crippen LogP contribution in [-0.2, 0) is 19.9 Å². The van der Waals surface area contributed by atoms with Gasteiger partial charge in [-0.2, -0.15) is 0 Å². The van der Waals surface area contributed by atoms with Gasteiger partial charge in [0.05, 0.1) is 9.79 Å². The molecule has 1 heterocycles. The Bertz CT molecular complexity index is 644. The van der Waals surface area contributed by atoms with Crippen molar-refractivity contribution in [2.24, 2.45) is 0 Å². The maximum absolute atomic E-state index is 12.1. The third kappa shape index (κ3) is 3.53. The second-order valence-corrected chi connectivity index (χ2v) is 8.28. The highest BCUT2D eigenvalue weighted by molar-refractivity contribution is 7.90. The fourth-order valence-corrected chi connectivity index (χ4v) is 3.81. The molecule has 6 nitrogen and oxygen atoms in total. The van der Waals surface area contributed by atoms with E-state index in [4.69, 9.17) is 0 Å². The van der Waals surface area contributed by atoms with Crippen molar-refractivity contribution in [1.82, 2.24) is 10.0 Å². The van der Waals surface area contributed by atoms with E-state index < -0.39 is 19.9 Å². The van der Waals surface area contributed by atoms with E-state index in [1.165, 1.54) is 24.3 Å². The molecule has 1 aromatic rings. The van der Waals surface area contributed by atoms with Crippen LogP contribution >= 0.6 is 0 Å². The SMILES string of the molecule is CS(=O)(=O)c1ccc(S(=O)(=O)N[C@H]2CCNC2)cc1. The average Bonchev–Trinajstić information content (AvgIpc) is 2.80. The van der Waals surface area contributed by atoms with Crippen molar-refractivity contribution in [3.05, 3.63) is 24.3 Å². The fourth-order valence-electron chi connectivity index (χ4n) is 1.91. The van der Waals surface area contributed by atoms with Crippen LogP contribution in [0.25, 0.3) is 0 Å². The van der Waals surface area contributed by atoms with E-state index in [9.17, 15) is 16.8 Å². The van der Waals surface area contributed by atoms with Crippen LogP contribution in [0.15, 0.2) is 34.1 Å². The monoisotopic (exact) mass is 304 g/mol. The van der Waals surface area contributed by atoms with Gasteiger partial charge in [-0.05, 0) is 37.2 Å². The number of hydrogen-bond donors (Lipinski definition) is 2. The van der Waals surface area contributed by atoms with Gasteiger partial charge in [0.1, 0.15) is 0 Å². The van der Waals surface area contributed by atoms with Gasteiger partial charge in [0, 0.05) is 18.8 Å². The van der Waals surface area contributed by atoms with Crippen LogP contribution in [0.4, 0.5) is 0 Å². The van der Waals surface area contributed by atoms with Crippen molar-refractivity contribution >= 4 is 19.9 Å². The van der Waals surface area contributed by atoms with Crippen molar-refractivity contribution < 1.29 is 16.8 Å². The topological polar surface area (TPSA) is 92.3 Å². The molecule has 2 N–H and O–H groups in total. The van der Waals surface area contributed by atoms with Crippen LogP contribution in [0.1, 0.15) is 6.42 Å². The zero-order valence-corrected chi connectivity index (χ0v) is 12.1. The van der Waals surface area contributed by atoms with E-state index in [-0.39, 0.29) is 15.8 Å². The second kappa shape index (κ2) is 5.20. The zero-order valence-electron chi connectivity index (χ0n) is 10.5. The van der Waals surface area contributed by atoms with E-state index in [1.54, 1.807) is 0 Å². The van der Waals surface area contributed by atoms with Gasteiger partial charge in [0.2, 0.25) is 10.0 Å². The summed E-state index contributed by atoms with van der Waals surface area (Å²) in [4.78, 5) is 0.181. The van der Waals surface area contributed by atoms with E-state index in [0.717, 1.165) is 19.2 Å². The first-order chi connectivity index (χ1) is 8.79. The predicted octanol–water partition coefficient (Wildman–Crippen LogP) is -0.270. The van der Waals surface area contributed by atoms with Gasteiger partial charge in [-0.25, -0.2) is 21.6 Å². The average molecular weight is 304 g/mol. The van der Waals surface area contributed by atoms with Crippen molar-refractivity contribution in [2.45, 2.75) is 22.3 Å². The van der Waals surface area contributed by atoms with Crippen molar-refractivity contribution in [3.8, 4) is 0 Å². The molecule has 0 saturated carbocycles. The minimum atomic E-state index is -3.59. The maximum atomic E-state index is 12.1. The molecule has 1 saturated heterocycles. The summed E-state index contributed by atoms with van der Waals surface area (Å²) >= 11 is 0. The summed E-state index contributed by atoms with van der Waals surface area (Å²) in [6.45, 7) is 1.40. The molecule has 2 rings (SSSR count). The molecule has 8 heteroatoms. The summed E-state index contributed by atoms with van der Waals surface area (Å²) in [7, 11) is -6.90. The molecule has 1 aliphatic rings. The van der Waals surface area contributed by atoms with Gasteiger partial charge in [-0.15, -0.1) is 0 Å². The fraction of sp³-hybridized carbons (Fsp3) is 0.455. The Morgan fingerprint density at radius 2 is 1.68 bits per heavy atom. The summed E-state index contributed by atoms with van der Waals surface area (Å²) in [6, 6.07) is 5.11. The highest BCUT2D eigenvalue weighted by Gasteiger charge is 2.22. The molecule has 1 fully saturated rings. The molecule has 0 spiro atoms. The highest BCUT2D eigenvalue weighted by atomic mass is 32.2. The zero-order chi connectivity index (χ0) is 14.1. The lowest BCUT2D eigenvalue weighted by atomic mass is 10.3. The van der Waals surface area contributed by atoms with Gasteiger partial charge in [-0.1, -0.05) is 0 Å². The molecular weight excluding hydrogens is 288 g/mol. The van der Waals surface area contributed by atoms with E-state index >= 15 is 0 Å². The third-order valence-corrected chi connectivity index (χ3v) is 5.61. The lowest BCUT2D eigenvalue weighted by molar-refractivity contribution is 0.560. The molecule has 0 aromatic heterocycles. The maximum Gasteiger partial charge on any atom is 0.240 e. The smallest absolute Gasteiger partial charge is 0.240 e. The Morgan fingerprint density at radius 3 is 2.16 bits per heavy atom. The van der Waals surface area contributed by atoms with Crippen LogP contribution in [0.5, 0.6) is 0 Å². The van der Waals surface area contributed by atoms with Gasteiger partial charge in [0.15, 0.2) is 9.84 Å². The quantitative estimate of drug-likeness (QED) is 0.799. The number of hydrogen-bond acceptors (Lipinski definition) is 5. The number of sulfonamides is 1. The van der Waals surface area contributed by atoms with Crippen LogP contribution in [-0.4, -0.2) is 42.2 Å². The molecule has 106 valence electrons. The first-order valence-electron chi connectivity index (χ1n) is 5.82. The molecule has 19 heavy (non-hydrogen) atoms.